The molecule has 6 heteroatoms. The fourth-order valence-corrected chi connectivity index (χ4v) is 3.40. The monoisotopic (exact) mass is 319 g/mol. The number of halogens is 2. The molecule has 98 valence electrons. The maximum atomic E-state index is 5.97. The molecule has 0 unspecified atom stereocenters. The molecule has 1 N–H and O–H groups in total. The Morgan fingerprint density at radius 2 is 1.90 bits per heavy atom. The van der Waals surface area contributed by atoms with Gasteiger partial charge in [0.2, 0.25) is 0 Å². The Balaban J connectivity index is 1.93. The van der Waals surface area contributed by atoms with E-state index in [9.17, 15) is 0 Å². The lowest BCUT2D eigenvalue weighted by atomic mass is 10.2. The standard InChI is InChI=1S/C14H7Cl2N3S/c15-8-6-9-13(18-12(8)16)19-14(17-9)11-5-7-3-1-2-4-10(7)20-11/h1-6H,(H,17,18,19). The molecule has 0 aliphatic carbocycles. The molecule has 1 aromatic carbocycles. The van der Waals surface area contributed by atoms with Gasteiger partial charge in [0.05, 0.1) is 15.4 Å². The molecule has 4 rings (SSSR count). The molecule has 0 radical (unpaired) electrons. The van der Waals surface area contributed by atoms with Crippen LogP contribution in [0.2, 0.25) is 10.2 Å². The SMILES string of the molecule is Clc1cc2[nH]c(-c3cc4ccccc4s3)nc2nc1Cl. The van der Waals surface area contributed by atoms with E-state index in [0.29, 0.717) is 10.7 Å². The van der Waals surface area contributed by atoms with Crippen LogP contribution < -0.4 is 0 Å². The Kier molecular flexibility index (Phi) is 2.70. The number of hydrogen-bond donors (Lipinski definition) is 1. The van der Waals surface area contributed by atoms with Gasteiger partial charge in [-0.25, -0.2) is 9.97 Å². The predicted molar refractivity (Wildman–Crippen MR) is 84.7 cm³/mol. The highest BCUT2D eigenvalue weighted by atomic mass is 35.5. The number of aromatic nitrogens is 3. The van der Waals surface area contributed by atoms with Crippen molar-refractivity contribution in [2.45, 2.75) is 0 Å². The summed E-state index contributed by atoms with van der Waals surface area (Å²) in [5.41, 5.74) is 1.36. The first kappa shape index (κ1) is 12.1. The van der Waals surface area contributed by atoms with Crippen LogP contribution >= 0.6 is 34.5 Å². The average molecular weight is 320 g/mol. The first-order valence-corrected chi connectivity index (χ1v) is 7.49. The molecular formula is C14H7Cl2N3S. The minimum Gasteiger partial charge on any atom is -0.336 e. The van der Waals surface area contributed by atoms with Crippen LogP contribution in [0.1, 0.15) is 0 Å². The van der Waals surface area contributed by atoms with Crippen LogP contribution in [0, 0.1) is 0 Å². The number of nitrogens with zero attached hydrogens (tertiary/aromatic N) is 2. The molecule has 4 aromatic rings. The minimum absolute atomic E-state index is 0.272. The zero-order valence-corrected chi connectivity index (χ0v) is 12.4. The van der Waals surface area contributed by atoms with E-state index in [4.69, 9.17) is 23.2 Å². The number of aromatic amines is 1. The quantitative estimate of drug-likeness (QED) is 0.493. The van der Waals surface area contributed by atoms with Crippen molar-refractivity contribution in [2.75, 3.05) is 0 Å². The van der Waals surface area contributed by atoms with Gasteiger partial charge in [-0.3, -0.25) is 0 Å². The van der Waals surface area contributed by atoms with E-state index < -0.39 is 0 Å². The Morgan fingerprint density at radius 3 is 2.75 bits per heavy atom. The smallest absolute Gasteiger partial charge is 0.179 e. The molecule has 0 spiro atoms. The summed E-state index contributed by atoms with van der Waals surface area (Å²) < 4.78 is 1.23. The number of thiophene rings is 1. The molecule has 0 aliphatic rings. The Morgan fingerprint density at radius 1 is 1.05 bits per heavy atom. The molecular weight excluding hydrogens is 313 g/mol. The van der Waals surface area contributed by atoms with Gasteiger partial charge in [-0.1, -0.05) is 41.4 Å². The second-order valence-electron chi connectivity index (χ2n) is 4.37. The van der Waals surface area contributed by atoms with Gasteiger partial charge in [0.25, 0.3) is 0 Å². The molecule has 20 heavy (non-hydrogen) atoms. The summed E-state index contributed by atoms with van der Waals surface area (Å²) >= 11 is 13.6. The summed E-state index contributed by atoms with van der Waals surface area (Å²) in [6.45, 7) is 0. The van der Waals surface area contributed by atoms with Crippen LogP contribution in [0.3, 0.4) is 0 Å². The zero-order valence-electron chi connectivity index (χ0n) is 10.0. The fraction of sp³-hybridized carbons (Fsp3) is 0. The topological polar surface area (TPSA) is 41.6 Å². The third-order valence-electron chi connectivity index (χ3n) is 3.04. The summed E-state index contributed by atoms with van der Waals surface area (Å²) in [5.74, 6) is 0.784. The van der Waals surface area contributed by atoms with Gasteiger partial charge in [-0.15, -0.1) is 11.3 Å². The third kappa shape index (κ3) is 1.88. The molecule has 0 atom stereocenters. The molecule has 0 aliphatic heterocycles. The molecule has 0 fully saturated rings. The van der Waals surface area contributed by atoms with Crippen molar-refractivity contribution in [2.24, 2.45) is 0 Å². The number of benzene rings is 1. The van der Waals surface area contributed by atoms with Crippen LogP contribution in [0.4, 0.5) is 0 Å². The van der Waals surface area contributed by atoms with Gasteiger partial charge >= 0.3 is 0 Å². The number of nitrogens with one attached hydrogen (secondary N) is 1. The summed E-state index contributed by atoms with van der Waals surface area (Å²) in [7, 11) is 0. The van der Waals surface area contributed by atoms with Crippen molar-refractivity contribution < 1.29 is 0 Å². The van der Waals surface area contributed by atoms with Crippen LogP contribution in [-0.2, 0) is 0 Å². The second kappa shape index (κ2) is 4.45. The van der Waals surface area contributed by atoms with Crippen molar-refractivity contribution in [3.8, 4) is 10.7 Å². The maximum absolute atomic E-state index is 5.97. The summed E-state index contributed by atoms with van der Waals surface area (Å²) in [6, 6.07) is 12.1. The Hall–Kier alpha value is -1.62. The lowest BCUT2D eigenvalue weighted by Crippen LogP contribution is -1.79. The molecule has 3 heterocycles. The van der Waals surface area contributed by atoms with Gasteiger partial charge in [-0.05, 0) is 23.6 Å². The number of rotatable bonds is 1. The van der Waals surface area contributed by atoms with E-state index in [2.05, 4.69) is 33.2 Å². The van der Waals surface area contributed by atoms with Crippen molar-refractivity contribution in [1.82, 2.24) is 15.0 Å². The number of fused-ring (bicyclic) bond motifs is 2. The summed E-state index contributed by atoms with van der Waals surface area (Å²) in [4.78, 5) is 13.0. The van der Waals surface area contributed by atoms with Crippen molar-refractivity contribution in [1.29, 1.82) is 0 Å². The molecule has 0 saturated heterocycles. The van der Waals surface area contributed by atoms with Gasteiger partial charge < -0.3 is 4.98 Å². The van der Waals surface area contributed by atoms with E-state index in [0.717, 1.165) is 16.2 Å². The lowest BCUT2D eigenvalue weighted by molar-refractivity contribution is 1.31. The van der Waals surface area contributed by atoms with Crippen molar-refractivity contribution in [3.63, 3.8) is 0 Å². The maximum Gasteiger partial charge on any atom is 0.179 e. The molecule has 0 bridgehead atoms. The van der Waals surface area contributed by atoms with Crippen LogP contribution in [0.15, 0.2) is 36.4 Å². The average Bonchev–Trinajstić information content (AvgIpc) is 3.02. The molecule has 3 aromatic heterocycles. The molecule has 0 saturated carbocycles. The first-order valence-electron chi connectivity index (χ1n) is 5.91. The van der Waals surface area contributed by atoms with E-state index in [-0.39, 0.29) is 5.15 Å². The third-order valence-corrected chi connectivity index (χ3v) is 4.84. The highest BCUT2D eigenvalue weighted by Crippen LogP contribution is 2.33. The van der Waals surface area contributed by atoms with Gasteiger partial charge in [0.1, 0.15) is 5.15 Å². The zero-order chi connectivity index (χ0) is 13.7. The van der Waals surface area contributed by atoms with E-state index in [1.54, 1.807) is 17.4 Å². The lowest BCUT2D eigenvalue weighted by Gasteiger charge is -1.92. The largest absolute Gasteiger partial charge is 0.336 e. The van der Waals surface area contributed by atoms with Crippen LogP contribution in [0.5, 0.6) is 0 Å². The summed E-state index contributed by atoms with van der Waals surface area (Å²) in [5, 5.41) is 1.90. The second-order valence-corrected chi connectivity index (χ2v) is 6.22. The van der Waals surface area contributed by atoms with Crippen molar-refractivity contribution in [3.05, 3.63) is 46.6 Å². The van der Waals surface area contributed by atoms with Crippen LogP contribution in [0.25, 0.3) is 32.0 Å². The van der Waals surface area contributed by atoms with E-state index in [1.165, 1.54) is 10.1 Å². The highest BCUT2D eigenvalue weighted by molar-refractivity contribution is 7.22. The van der Waals surface area contributed by atoms with E-state index >= 15 is 0 Å². The predicted octanol–water partition coefficient (Wildman–Crippen LogP) is 5.15. The van der Waals surface area contributed by atoms with E-state index in [1.807, 2.05) is 12.1 Å². The van der Waals surface area contributed by atoms with Gasteiger partial charge in [0.15, 0.2) is 11.5 Å². The van der Waals surface area contributed by atoms with Crippen molar-refractivity contribution >= 4 is 55.8 Å². The number of H-pyrrole nitrogens is 1. The Bertz CT molecular complexity index is 870. The Labute approximate surface area is 128 Å². The summed E-state index contributed by atoms with van der Waals surface area (Å²) in [6.07, 6.45) is 0. The molecule has 0 amide bonds. The molecule has 3 nitrogen and oxygen atoms in total. The first-order chi connectivity index (χ1) is 9.70. The fourth-order valence-electron chi connectivity index (χ4n) is 2.11. The number of pyridine rings is 1. The van der Waals surface area contributed by atoms with Gasteiger partial charge in [-0.2, -0.15) is 0 Å². The van der Waals surface area contributed by atoms with Gasteiger partial charge in [0, 0.05) is 4.70 Å². The van der Waals surface area contributed by atoms with Crippen LogP contribution in [-0.4, -0.2) is 15.0 Å². The number of imidazole rings is 1. The normalized spacial score (nSPS) is 11.5. The highest BCUT2D eigenvalue weighted by Gasteiger charge is 2.11. The number of hydrogen-bond acceptors (Lipinski definition) is 3. The minimum atomic E-state index is 0.272.